The van der Waals surface area contributed by atoms with Crippen molar-refractivity contribution in [2.75, 3.05) is 4.90 Å². The number of halogens is 3. The van der Waals surface area contributed by atoms with Crippen LogP contribution in [0.25, 0.3) is 0 Å². The number of hydrogen-bond acceptors (Lipinski definition) is 3. The van der Waals surface area contributed by atoms with Gasteiger partial charge in [-0.3, -0.25) is 9.78 Å². The first kappa shape index (κ1) is 17.7. The van der Waals surface area contributed by atoms with Gasteiger partial charge in [0.15, 0.2) is 0 Å². The van der Waals surface area contributed by atoms with Gasteiger partial charge in [0.05, 0.1) is 17.8 Å². The predicted octanol–water partition coefficient (Wildman–Crippen LogP) is 5.28. The van der Waals surface area contributed by atoms with Crippen LogP contribution in [-0.2, 0) is 6.54 Å². The van der Waals surface area contributed by atoms with E-state index in [1.807, 2.05) is 18.2 Å². The minimum absolute atomic E-state index is 0.0532. The second-order valence-corrected chi connectivity index (χ2v) is 6.34. The fraction of sp³-hybridized carbons (Fsp3) is 0.0556. The number of nitrogens with zero attached hydrogens (tertiary/aromatic N) is 3. The van der Waals surface area contributed by atoms with Crippen molar-refractivity contribution >= 4 is 46.4 Å². The number of benzene rings is 1. The second-order valence-electron chi connectivity index (χ2n) is 5.16. The van der Waals surface area contributed by atoms with Crippen molar-refractivity contribution in [2.45, 2.75) is 6.54 Å². The number of hydrogen-bond donors (Lipinski definition) is 0. The third-order valence-corrected chi connectivity index (χ3v) is 4.23. The molecule has 0 aliphatic heterocycles. The Kier molecular flexibility index (Phi) is 5.53. The third kappa shape index (κ3) is 4.28. The molecule has 1 amide bonds. The van der Waals surface area contributed by atoms with E-state index in [1.54, 1.807) is 41.4 Å². The van der Waals surface area contributed by atoms with Gasteiger partial charge in [0.25, 0.3) is 5.91 Å². The average molecular weight is 393 g/mol. The van der Waals surface area contributed by atoms with Gasteiger partial charge < -0.3 is 4.90 Å². The van der Waals surface area contributed by atoms with Gasteiger partial charge in [-0.05, 0) is 48.5 Å². The van der Waals surface area contributed by atoms with E-state index in [2.05, 4.69) is 9.97 Å². The Balaban J connectivity index is 2.00. The molecule has 0 atom stereocenters. The Hall–Kier alpha value is -2.14. The van der Waals surface area contributed by atoms with Gasteiger partial charge in [0.2, 0.25) is 0 Å². The summed E-state index contributed by atoms with van der Waals surface area (Å²) in [7, 11) is 0. The Morgan fingerprint density at radius 3 is 2.36 bits per heavy atom. The van der Waals surface area contributed by atoms with Crippen LogP contribution in [0.5, 0.6) is 0 Å². The third-order valence-electron chi connectivity index (χ3n) is 3.47. The summed E-state index contributed by atoms with van der Waals surface area (Å²) < 4.78 is 0. The maximum Gasteiger partial charge on any atom is 0.261 e. The van der Waals surface area contributed by atoms with Gasteiger partial charge in [-0.2, -0.15) is 0 Å². The van der Waals surface area contributed by atoms with Crippen molar-refractivity contribution in [2.24, 2.45) is 0 Å². The topological polar surface area (TPSA) is 46.1 Å². The lowest BCUT2D eigenvalue weighted by molar-refractivity contribution is 0.0984. The van der Waals surface area contributed by atoms with Crippen molar-refractivity contribution in [1.29, 1.82) is 0 Å². The molecule has 126 valence electrons. The molecule has 2 aromatic heterocycles. The van der Waals surface area contributed by atoms with E-state index in [4.69, 9.17) is 34.8 Å². The number of aromatic nitrogens is 2. The highest BCUT2D eigenvalue weighted by Gasteiger charge is 2.22. The molecule has 0 spiro atoms. The first-order valence-electron chi connectivity index (χ1n) is 7.34. The smallest absolute Gasteiger partial charge is 0.261 e. The highest BCUT2D eigenvalue weighted by Crippen LogP contribution is 2.25. The lowest BCUT2D eigenvalue weighted by atomic mass is 10.2. The van der Waals surface area contributed by atoms with Crippen molar-refractivity contribution in [3.8, 4) is 0 Å². The summed E-state index contributed by atoms with van der Waals surface area (Å²) in [6.45, 7) is 0.278. The van der Waals surface area contributed by atoms with Crippen LogP contribution >= 0.6 is 34.8 Å². The number of carbonyl (C=O) groups is 1. The minimum atomic E-state index is -0.304. The zero-order valence-electron chi connectivity index (χ0n) is 12.9. The molecule has 0 N–H and O–H groups in total. The molecular formula is C18H12Cl3N3O. The number of amides is 1. The summed E-state index contributed by atoms with van der Waals surface area (Å²) in [4.78, 5) is 22.9. The van der Waals surface area contributed by atoms with Crippen LogP contribution in [0.1, 0.15) is 16.1 Å². The first-order chi connectivity index (χ1) is 12.0. The van der Waals surface area contributed by atoms with Crippen molar-refractivity contribution < 1.29 is 4.79 Å². The number of pyridine rings is 2. The lowest BCUT2D eigenvalue weighted by Gasteiger charge is -2.23. The summed E-state index contributed by atoms with van der Waals surface area (Å²) in [6, 6.07) is 15.6. The highest BCUT2D eigenvalue weighted by molar-refractivity contribution is 6.35. The van der Waals surface area contributed by atoms with Crippen molar-refractivity contribution in [3.05, 3.63) is 87.4 Å². The molecule has 3 rings (SSSR count). The lowest BCUT2D eigenvalue weighted by Crippen LogP contribution is -2.31. The molecule has 0 saturated carbocycles. The molecule has 1 aromatic carbocycles. The molecule has 0 aliphatic carbocycles. The fourth-order valence-corrected chi connectivity index (χ4v) is 2.82. The fourth-order valence-electron chi connectivity index (χ4n) is 2.27. The maximum atomic E-state index is 13.1. The molecule has 0 radical (unpaired) electrons. The van der Waals surface area contributed by atoms with Gasteiger partial charge in [0.1, 0.15) is 10.3 Å². The molecule has 7 heteroatoms. The van der Waals surface area contributed by atoms with Gasteiger partial charge in [-0.1, -0.05) is 40.9 Å². The summed E-state index contributed by atoms with van der Waals surface area (Å²) in [6.07, 6.45) is 1.68. The van der Waals surface area contributed by atoms with Crippen molar-refractivity contribution in [3.63, 3.8) is 0 Å². The molecular weight excluding hydrogens is 381 g/mol. The van der Waals surface area contributed by atoms with E-state index in [-0.39, 0.29) is 28.3 Å². The van der Waals surface area contributed by atoms with E-state index in [9.17, 15) is 4.79 Å². The largest absolute Gasteiger partial charge is 0.302 e. The summed E-state index contributed by atoms with van der Waals surface area (Å²) in [5.41, 5.74) is 1.67. The van der Waals surface area contributed by atoms with Gasteiger partial charge >= 0.3 is 0 Å². The van der Waals surface area contributed by atoms with Crippen LogP contribution in [0.15, 0.2) is 60.8 Å². The maximum absolute atomic E-state index is 13.1. The van der Waals surface area contributed by atoms with Crippen LogP contribution in [0.2, 0.25) is 15.3 Å². The highest BCUT2D eigenvalue weighted by atomic mass is 35.5. The Morgan fingerprint density at radius 1 is 0.960 bits per heavy atom. The average Bonchev–Trinajstić information content (AvgIpc) is 2.61. The van der Waals surface area contributed by atoms with E-state index in [1.165, 1.54) is 6.07 Å². The standard InChI is InChI=1S/C18H12Cl3N3O/c19-12-4-6-14(7-5-12)24(11-13-3-1-2-10-22-13)18(25)15-8-9-16(20)23-17(15)21/h1-10H,11H2. The molecule has 2 heterocycles. The Bertz CT molecular complexity index is 886. The number of carbonyl (C=O) groups excluding carboxylic acids is 1. The van der Waals surface area contributed by atoms with Crippen LogP contribution in [-0.4, -0.2) is 15.9 Å². The monoisotopic (exact) mass is 391 g/mol. The SMILES string of the molecule is O=C(c1ccc(Cl)nc1Cl)N(Cc1ccccn1)c1ccc(Cl)cc1. The van der Waals surface area contributed by atoms with E-state index >= 15 is 0 Å². The van der Waals surface area contributed by atoms with Crippen LogP contribution in [0.4, 0.5) is 5.69 Å². The van der Waals surface area contributed by atoms with Crippen LogP contribution in [0.3, 0.4) is 0 Å². The zero-order chi connectivity index (χ0) is 17.8. The molecule has 0 unspecified atom stereocenters. The molecule has 4 nitrogen and oxygen atoms in total. The summed E-state index contributed by atoms with van der Waals surface area (Å²) >= 11 is 17.9. The minimum Gasteiger partial charge on any atom is -0.302 e. The zero-order valence-corrected chi connectivity index (χ0v) is 15.1. The van der Waals surface area contributed by atoms with E-state index in [0.717, 1.165) is 5.69 Å². The first-order valence-corrected chi connectivity index (χ1v) is 8.47. The van der Waals surface area contributed by atoms with Crippen LogP contribution in [0, 0.1) is 0 Å². The molecule has 0 aliphatic rings. The molecule has 0 bridgehead atoms. The van der Waals surface area contributed by atoms with Gasteiger partial charge in [-0.15, -0.1) is 0 Å². The van der Waals surface area contributed by atoms with Crippen LogP contribution < -0.4 is 4.90 Å². The molecule has 0 saturated heterocycles. The quantitative estimate of drug-likeness (QED) is 0.567. The Morgan fingerprint density at radius 2 is 1.72 bits per heavy atom. The molecule has 25 heavy (non-hydrogen) atoms. The molecule has 0 fully saturated rings. The summed E-state index contributed by atoms with van der Waals surface area (Å²) in [5.74, 6) is -0.304. The summed E-state index contributed by atoms with van der Waals surface area (Å²) in [5, 5.41) is 0.863. The van der Waals surface area contributed by atoms with Gasteiger partial charge in [-0.25, -0.2) is 4.98 Å². The predicted molar refractivity (Wildman–Crippen MR) is 100 cm³/mol. The van der Waals surface area contributed by atoms with Crippen molar-refractivity contribution in [1.82, 2.24) is 9.97 Å². The van der Waals surface area contributed by atoms with Gasteiger partial charge in [0, 0.05) is 16.9 Å². The normalized spacial score (nSPS) is 10.5. The number of rotatable bonds is 4. The molecule has 3 aromatic rings. The second kappa shape index (κ2) is 7.83. The van der Waals surface area contributed by atoms with E-state index < -0.39 is 0 Å². The Labute approximate surface area is 160 Å². The van der Waals surface area contributed by atoms with E-state index in [0.29, 0.717) is 10.7 Å². The number of anilines is 1.